The van der Waals surface area contributed by atoms with Gasteiger partial charge in [-0.1, -0.05) is 5.18 Å². The lowest BCUT2D eigenvalue weighted by Gasteiger charge is -2.07. The average Bonchev–Trinajstić information content (AvgIpc) is 1.99. The van der Waals surface area contributed by atoms with E-state index in [-0.39, 0.29) is 12.1 Å². The largest absolute Gasteiger partial charge is 0.302 e. The van der Waals surface area contributed by atoms with Crippen LogP contribution < -0.4 is 5.90 Å². The van der Waals surface area contributed by atoms with Gasteiger partial charge < -0.3 is 4.84 Å². The number of rotatable bonds is 5. The molecule has 0 aromatic heterocycles. The zero-order chi connectivity index (χ0) is 7.98. The van der Waals surface area contributed by atoms with Gasteiger partial charge in [0, 0.05) is 0 Å². The monoisotopic (exact) mass is 146 g/mol. The van der Waals surface area contributed by atoms with Crippen molar-refractivity contribution in [2.45, 2.75) is 38.8 Å². The van der Waals surface area contributed by atoms with Gasteiger partial charge in [0.1, 0.15) is 0 Å². The summed E-state index contributed by atoms with van der Waals surface area (Å²) in [5.74, 6) is 4.89. The minimum Gasteiger partial charge on any atom is -0.302 e. The van der Waals surface area contributed by atoms with Gasteiger partial charge in [0.15, 0.2) is 0 Å². The summed E-state index contributed by atoms with van der Waals surface area (Å²) < 4.78 is 0. The van der Waals surface area contributed by atoms with Crippen LogP contribution in [0.15, 0.2) is 5.18 Å². The highest BCUT2D eigenvalue weighted by molar-refractivity contribution is 4.60. The van der Waals surface area contributed by atoms with E-state index in [1.165, 1.54) is 0 Å². The Balaban J connectivity index is 3.25. The Hall–Kier alpha value is -0.480. The Kier molecular flexibility index (Phi) is 5.06. The maximum Gasteiger partial charge on any atom is 0.0892 e. The molecule has 0 saturated heterocycles. The van der Waals surface area contributed by atoms with Gasteiger partial charge in [-0.2, -0.15) is 4.91 Å². The predicted molar refractivity (Wildman–Crippen MR) is 39.2 cm³/mol. The fourth-order valence-electron chi connectivity index (χ4n) is 0.597. The molecule has 0 aliphatic carbocycles. The third-order valence-corrected chi connectivity index (χ3v) is 1.40. The first-order valence-corrected chi connectivity index (χ1v) is 3.38. The molecule has 0 aromatic rings. The highest BCUT2D eigenvalue weighted by Gasteiger charge is 2.04. The van der Waals surface area contributed by atoms with Crippen molar-refractivity contribution in [3.8, 4) is 0 Å². The molecule has 2 atom stereocenters. The third-order valence-electron chi connectivity index (χ3n) is 1.40. The van der Waals surface area contributed by atoms with Gasteiger partial charge in [-0.15, -0.1) is 0 Å². The van der Waals surface area contributed by atoms with E-state index >= 15 is 0 Å². The molecule has 0 heterocycles. The summed E-state index contributed by atoms with van der Waals surface area (Å²) in [6.45, 7) is 3.63. The van der Waals surface area contributed by atoms with E-state index in [4.69, 9.17) is 5.90 Å². The molecule has 0 bridgehead atoms. The van der Waals surface area contributed by atoms with Crippen molar-refractivity contribution in [3.05, 3.63) is 4.91 Å². The first kappa shape index (κ1) is 9.52. The molecule has 4 heteroatoms. The predicted octanol–water partition coefficient (Wildman–Crippen LogP) is 1.20. The van der Waals surface area contributed by atoms with Crippen molar-refractivity contribution in [1.82, 2.24) is 0 Å². The molecule has 2 unspecified atom stereocenters. The first-order chi connectivity index (χ1) is 4.70. The van der Waals surface area contributed by atoms with Crippen molar-refractivity contribution >= 4 is 0 Å². The summed E-state index contributed by atoms with van der Waals surface area (Å²) >= 11 is 0. The quantitative estimate of drug-likeness (QED) is 0.468. The lowest BCUT2D eigenvalue weighted by atomic mass is 10.1. The molecular weight excluding hydrogens is 132 g/mol. The van der Waals surface area contributed by atoms with E-state index in [0.717, 1.165) is 12.8 Å². The minimum absolute atomic E-state index is 0.0178. The van der Waals surface area contributed by atoms with Crippen LogP contribution in [0.5, 0.6) is 0 Å². The summed E-state index contributed by atoms with van der Waals surface area (Å²) in [6.07, 6.45) is 1.54. The third kappa shape index (κ3) is 4.40. The molecule has 0 aromatic carbocycles. The molecule has 4 nitrogen and oxygen atoms in total. The number of nitroso groups, excluding NO2 is 1. The first-order valence-electron chi connectivity index (χ1n) is 3.38. The number of hydrogen-bond donors (Lipinski definition) is 1. The maximum absolute atomic E-state index is 9.88. The van der Waals surface area contributed by atoms with Crippen LogP contribution in [0.4, 0.5) is 0 Å². The highest BCUT2D eigenvalue weighted by Crippen LogP contribution is 2.04. The number of nitrogens with two attached hydrogens (primary N) is 1. The lowest BCUT2D eigenvalue weighted by Crippen LogP contribution is -2.14. The smallest absolute Gasteiger partial charge is 0.0892 e. The fourth-order valence-corrected chi connectivity index (χ4v) is 0.597. The summed E-state index contributed by atoms with van der Waals surface area (Å²) in [4.78, 5) is 14.4. The average molecular weight is 146 g/mol. The van der Waals surface area contributed by atoms with Crippen molar-refractivity contribution in [3.63, 3.8) is 0 Å². The van der Waals surface area contributed by atoms with Gasteiger partial charge in [0.05, 0.1) is 12.1 Å². The second-order valence-electron chi connectivity index (χ2n) is 2.48. The maximum atomic E-state index is 9.88. The van der Waals surface area contributed by atoms with Crippen molar-refractivity contribution in [2.75, 3.05) is 0 Å². The topological polar surface area (TPSA) is 64.7 Å². The summed E-state index contributed by atoms with van der Waals surface area (Å²) in [5.41, 5.74) is 0. The molecular formula is C6H14N2O2. The zero-order valence-electron chi connectivity index (χ0n) is 6.41. The molecule has 0 rings (SSSR count). The molecule has 0 aliphatic heterocycles. The van der Waals surface area contributed by atoms with Crippen molar-refractivity contribution in [2.24, 2.45) is 11.1 Å². The van der Waals surface area contributed by atoms with Crippen LogP contribution in [-0.2, 0) is 4.84 Å². The Morgan fingerprint density at radius 3 is 2.50 bits per heavy atom. The van der Waals surface area contributed by atoms with Gasteiger partial charge in [-0.25, -0.2) is 5.90 Å². The van der Waals surface area contributed by atoms with Gasteiger partial charge in [0.25, 0.3) is 0 Å². The standard InChI is InChI=1S/C6H14N2O2/c1-5(8-9)3-4-6(2)10-7/h5-6H,3-4,7H2,1-2H3. The van der Waals surface area contributed by atoms with Gasteiger partial charge >= 0.3 is 0 Å². The molecule has 0 spiro atoms. The van der Waals surface area contributed by atoms with Crippen LogP contribution in [0.1, 0.15) is 26.7 Å². The molecule has 0 aliphatic rings. The number of nitrogens with zero attached hydrogens (tertiary/aromatic N) is 1. The molecule has 60 valence electrons. The van der Waals surface area contributed by atoms with Crippen molar-refractivity contribution < 1.29 is 4.84 Å². The van der Waals surface area contributed by atoms with Gasteiger partial charge in [0.2, 0.25) is 0 Å². The van der Waals surface area contributed by atoms with Crippen LogP contribution in [0.2, 0.25) is 0 Å². The Bertz CT molecular complexity index is 97.7. The van der Waals surface area contributed by atoms with Crippen molar-refractivity contribution in [1.29, 1.82) is 0 Å². The number of hydrogen-bond acceptors (Lipinski definition) is 4. The molecule has 0 saturated carbocycles. The highest BCUT2D eigenvalue weighted by atomic mass is 16.6. The van der Waals surface area contributed by atoms with Crippen LogP contribution in [0.3, 0.4) is 0 Å². The molecule has 0 radical (unpaired) electrons. The Morgan fingerprint density at radius 2 is 2.10 bits per heavy atom. The SMILES string of the molecule is CC(CCC(C)ON)N=O. The van der Waals surface area contributed by atoms with E-state index in [1.807, 2.05) is 6.92 Å². The van der Waals surface area contributed by atoms with E-state index in [9.17, 15) is 4.91 Å². The van der Waals surface area contributed by atoms with E-state index in [1.54, 1.807) is 6.92 Å². The summed E-state index contributed by atoms with van der Waals surface area (Å²) in [6, 6.07) is -0.127. The molecule has 10 heavy (non-hydrogen) atoms. The van der Waals surface area contributed by atoms with Crippen LogP contribution >= 0.6 is 0 Å². The lowest BCUT2D eigenvalue weighted by molar-refractivity contribution is 0.0583. The Morgan fingerprint density at radius 1 is 1.50 bits per heavy atom. The van der Waals surface area contributed by atoms with Crippen LogP contribution in [0, 0.1) is 4.91 Å². The Labute approximate surface area is 60.7 Å². The summed E-state index contributed by atoms with van der Waals surface area (Å²) in [7, 11) is 0. The van der Waals surface area contributed by atoms with Crippen LogP contribution in [0.25, 0.3) is 0 Å². The zero-order valence-corrected chi connectivity index (χ0v) is 6.41. The second kappa shape index (κ2) is 5.32. The minimum atomic E-state index is -0.127. The van der Waals surface area contributed by atoms with E-state index in [0.29, 0.717) is 0 Å². The fraction of sp³-hybridized carbons (Fsp3) is 1.00. The van der Waals surface area contributed by atoms with E-state index in [2.05, 4.69) is 10.0 Å². The molecule has 2 N–H and O–H groups in total. The second-order valence-corrected chi connectivity index (χ2v) is 2.48. The van der Waals surface area contributed by atoms with Gasteiger partial charge in [-0.3, -0.25) is 0 Å². The van der Waals surface area contributed by atoms with Gasteiger partial charge in [-0.05, 0) is 26.7 Å². The normalized spacial score (nSPS) is 16.3. The molecule has 0 amide bonds. The molecule has 0 fully saturated rings. The van der Waals surface area contributed by atoms with Crippen LogP contribution in [-0.4, -0.2) is 12.1 Å². The van der Waals surface area contributed by atoms with E-state index < -0.39 is 0 Å². The summed E-state index contributed by atoms with van der Waals surface area (Å²) in [5, 5.41) is 2.85.